The lowest BCUT2D eigenvalue weighted by Crippen LogP contribution is -2.42. The second-order valence-corrected chi connectivity index (χ2v) is 5.84. The summed E-state index contributed by atoms with van der Waals surface area (Å²) in [5.74, 6) is 0.644. The fourth-order valence-corrected chi connectivity index (χ4v) is 2.86. The Balaban J connectivity index is 1.79. The highest BCUT2D eigenvalue weighted by Gasteiger charge is 2.42. The monoisotopic (exact) mass is 245 g/mol. The highest BCUT2D eigenvalue weighted by Crippen LogP contribution is 2.39. The first kappa shape index (κ1) is 12.8. The molecule has 2 rings (SSSR count). The number of alkyl halides is 2. The van der Waals surface area contributed by atoms with Crippen molar-refractivity contribution in [3.8, 4) is 0 Å². The number of amides is 1. The number of hydrogen-bond donors (Lipinski definition) is 0. The Hall–Kier alpha value is -0.670. The summed E-state index contributed by atoms with van der Waals surface area (Å²) in [4.78, 5) is 13.9. The van der Waals surface area contributed by atoms with Gasteiger partial charge in [-0.05, 0) is 31.1 Å². The average Bonchev–Trinajstić information content (AvgIpc) is 2.62. The summed E-state index contributed by atoms with van der Waals surface area (Å²) < 4.78 is 24.7. The van der Waals surface area contributed by atoms with Crippen molar-refractivity contribution in [2.75, 3.05) is 13.1 Å². The van der Waals surface area contributed by atoms with Crippen molar-refractivity contribution >= 4 is 5.91 Å². The maximum absolute atomic E-state index is 12.3. The Bertz CT molecular complexity index is 287. The topological polar surface area (TPSA) is 20.3 Å². The number of hydrogen-bond acceptors (Lipinski definition) is 1. The zero-order valence-corrected chi connectivity index (χ0v) is 10.5. The molecule has 2 nitrogen and oxygen atoms in total. The molecule has 2 fully saturated rings. The Morgan fingerprint density at radius 2 is 1.88 bits per heavy atom. The Morgan fingerprint density at radius 1 is 1.24 bits per heavy atom. The largest absolute Gasteiger partial charge is 0.342 e. The Morgan fingerprint density at radius 3 is 2.35 bits per heavy atom. The summed E-state index contributed by atoms with van der Waals surface area (Å²) in [5, 5.41) is 0. The van der Waals surface area contributed by atoms with Crippen LogP contribution in [-0.2, 0) is 4.79 Å². The van der Waals surface area contributed by atoms with E-state index in [2.05, 4.69) is 13.8 Å². The zero-order chi connectivity index (χ0) is 12.6. The molecule has 1 aliphatic heterocycles. The van der Waals surface area contributed by atoms with Crippen LogP contribution in [-0.4, -0.2) is 30.3 Å². The van der Waals surface area contributed by atoms with E-state index in [0.717, 1.165) is 19.5 Å². The van der Waals surface area contributed by atoms with E-state index in [1.807, 2.05) is 4.90 Å². The zero-order valence-electron chi connectivity index (χ0n) is 10.5. The lowest BCUT2D eigenvalue weighted by atomic mass is 9.74. The molecule has 2 aliphatic rings. The molecule has 1 aliphatic carbocycles. The summed E-state index contributed by atoms with van der Waals surface area (Å²) in [5.41, 5.74) is 0. The number of rotatable bonds is 3. The third-order valence-corrected chi connectivity index (χ3v) is 4.36. The molecule has 4 heteroatoms. The van der Waals surface area contributed by atoms with E-state index in [9.17, 15) is 13.6 Å². The first-order valence-electron chi connectivity index (χ1n) is 6.56. The molecule has 0 radical (unpaired) electrons. The molecule has 1 atom stereocenters. The molecule has 0 N–H and O–H groups in total. The lowest BCUT2D eigenvalue weighted by molar-refractivity contribution is -0.141. The summed E-state index contributed by atoms with van der Waals surface area (Å²) in [6, 6.07) is 0. The van der Waals surface area contributed by atoms with Gasteiger partial charge in [-0.1, -0.05) is 13.8 Å². The van der Waals surface area contributed by atoms with E-state index in [-0.39, 0.29) is 11.8 Å². The van der Waals surface area contributed by atoms with Gasteiger partial charge in [0.25, 0.3) is 0 Å². The molecule has 98 valence electrons. The molecular weight excluding hydrogens is 224 g/mol. The van der Waals surface area contributed by atoms with E-state index in [0.29, 0.717) is 24.7 Å². The molecule has 0 spiro atoms. The van der Waals surface area contributed by atoms with Gasteiger partial charge in [0.2, 0.25) is 12.3 Å². The van der Waals surface area contributed by atoms with Gasteiger partial charge in [0.05, 0.1) is 0 Å². The van der Waals surface area contributed by atoms with Gasteiger partial charge in [-0.15, -0.1) is 0 Å². The van der Waals surface area contributed by atoms with Gasteiger partial charge in [0, 0.05) is 24.9 Å². The van der Waals surface area contributed by atoms with Gasteiger partial charge in [0.15, 0.2) is 0 Å². The molecular formula is C13H21F2NO. The maximum atomic E-state index is 12.3. The summed E-state index contributed by atoms with van der Waals surface area (Å²) in [6.07, 6.45) is -0.409. The van der Waals surface area contributed by atoms with Crippen molar-refractivity contribution in [2.24, 2.45) is 23.7 Å². The number of halogens is 2. The molecule has 1 unspecified atom stereocenters. The second-order valence-electron chi connectivity index (χ2n) is 5.84. The van der Waals surface area contributed by atoms with Crippen LogP contribution >= 0.6 is 0 Å². The molecule has 1 amide bonds. The summed E-state index contributed by atoms with van der Waals surface area (Å²) in [7, 11) is 0. The van der Waals surface area contributed by atoms with E-state index >= 15 is 0 Å². The van der Waals surface area contributed by atoms with Gasteiger partial charge in [0.1, 0.15) is 0 Å². The van der Waals surface area contributed by atoms with Crippen LogP contribution in [0.1, 0.15) is 33.1 Å². The van der Waals surface area contributed by atoms with Crippen LogP contribution in [0, 0.1) is 23.7 Å². The minimum Gasteiger partial charge on any atom is -0.342 e. The standard InChI is InChI=1S/C13H21F2NO/c1-8(2)9-3-4-16(7-9)13(17)11-5-10(6-11)12(14)15/h8-12H,3-7H2,1-2H3. The first-order valence-corrected chi connectivity index (χ1v) is 6.56. The van der Waals surface area contributed by atoms with Crippen molar-refractivity contribution < 1.29 is 13.6 Å². The minimum atomic E-state index is -2.25. The van der Waals surface area contributed by atoms with Crippen molar-refractivity contribution in [1.29, 1.82) is 0 Å². The van der Waals surface area contributed by atoms with Crippen LogP contribution < -0.4 is 0 Å². The number of carbonyl (C=O) groups is 1. The quantitative estimate of drug-likeness (QED) is 0.748. The van der Waals surface area contributed by atoms with Crippen LogP contribution in [0.2, 0.25) is 0 Å². The smallest absolute Gasteiger partial charge is 0.241 e. The van der Waals surface area contributed by atoms with Gasteiger partial charge in [-0.25, -0.2) is 8.78 Å². The predicted molar refractivity (Wildman–Crippen MR) is 61.7 cm³/mol. The van der Waals surface area contributed by atoms with Crippen molar-refractivity contribution in [3.63, 3.8) is 0 Å². The fourth-order valence-electron chi connectivity index (χ4n) is 2.86. The van der Waals surface area contributed by atoms with Gasteiger partial charge < -0.3 is 4.90 Å². The van der Waals surface area contributed by atoms with E-state index in [1.165, 1.54) is 0 Å². The molecule has 1 saturated carbocycles. The number of likely N-dealkylation sites (tertiary alicyclic amines) is 1. The van der Waals surface area contributed by atoms with Gasteiger partial charge in [-0.2, -0.15) is 0 Å². The second kappa shape index (κ2) is 4.91. The van der Waals surface area contributed by atoms with Crippen LogP contribution in [0.25, 0.3) is 0 Å². The Labute approximate surface area is 101 Å². The van der Waals surface area contributed by atoms with E-state index < -0.39 is 12.3 Å². The van der Waals surface area contributed by atoms with E-state index in [4.69, 9.17) is 0 Å². The lowest BCUT2D eigenvalue weighted by Gasteiger charge is -2.36. The third kappa shape index (κ3) is 2.61. The van der Waals surface area contributed by atoms with Crippen LogP contribution in [0.4, 0.5) is 8.78 Å². The average molecular weight is 245 g/mol. The molecule has 17 heavy (non-hydrogen) atoms. The number of carbonyl (C=O) groups excluding carboxylic acids is 1. The molecule has 0 aromatic carbocycles. The first-order chi connectivity index (χ1) is 7.99. The summed E-state index contributed by atoms with van der Waals surface area (Å²) >= 11 is 0. The normalized spacial score (nSPS) is 33.3. The van der Waals surface area contributed by atoms with Gasteiger partial charge in [-0.3, -0.25) is 4.79 Å². The SMILES string of the molecule is CC(C)C1CCN(C(=O)C2CC(C(F)F)C2)C1. The third-order valence-electron chi connectivity index (χ3n) is 4.36. The van der Waals surface area contributed by atoms with Crippen molar-refractivity contribution in [1.82, 2.24) is 4.90 Å². The molecule has 1 heterocycles. The van der Waals surface area contributed by atoms with Crippen LogP contribution in [0.15, 0.2) is 0 Å². The number of nitrogens with zero attached hydrogens (tertiary/aromatic N) is 1. The van der Waals surface area contributed by atoms with Crippen molar-refractivity contribution in [3.05, 3.63) is 0 Å². The Kier molecular flexibility index (Phi) is 3.69. The molecule has 0 bridgehead atoms. The maximum Gasteiger partial charge on any atom is 0.241 e. The highest BCUT2D eigenvalue weighted by atomic mass is 19.3. The van der Waals surface area contributed by atoms with Crippen LogP contribution in [0.3, 0.4) is 0 Å². The van der Waals surface area contributed by atoms with Crippen molar-refractivity contribution in [2.45, 2.75) is 39.5 Å². The van der Waals surface area contributed by atoms with Crippen LogP contribution in [0.5, 0.6) is 0 Å². The minimum absolute atomic E-state index is 0.116. The fraction of sp³-hybridized carbons (Fsp3) is 0.923. The molecule has 1 saturated heterocycles. The predicted octanol–water partition coefficient (Wildman–Crippen LogP) is 2.78. The van der Waals surface area contributed by atoms with E-state index in [1.54, 1.807) is 0 Å². The molecule has 0 aromatic rings. The van der Waals surface area contributed by atoms with Gasteiger partial charge >= 0.3 is 0 Å². The molecule has 0 aromatic heterocycles. The highest BCUT2D eigenvalue weighted by molar-refractivity contribution is 5.80. The summed E-state index contributed by atoms with van der Waals surface area (Å²) in [6.45, 7) is 5.99.